The summed E-state index contributed by atoms with van der Waals surface area (Å²) in [6.45, 7) is 0. The van der Waals surface area contributed by atoms with Gasteiger partial charge in [0.05, 0.1) is 19.7 Å². The van der Waals surface area contributed by atoms with E-state index in [-0.39, 0.29) is 11.1 Å². The van der Waals surface area contributed by atoms with Gasteiger partial charge in [-0.2, -0.15) is 4.98 Å². The average Bonchev–Trinajstić information content (AvgIpc) is 2.56. The molecule has 1 heterocycles. The van der Waals surface area contributed by atoms with Gasteiger partial charge in [-0.25, -0.2) is 18.2 Å². The molecule has 1 aromatic heterocycles. The maximum Gasteiger partial charge on any atom is 0.224 e. The van der Waals surface area contributed by atoms with E-state index in [1.54, 1.807) is 6.07 Å². The van der Waals surface area contributed by atoms with Crippen LogP contribution in [0, 0.1) is 17.5 Å². The summed E-state index contributed by atoms with van der Waals surface area (Å²) in [4.78, 5) is 8.00. The molecule has 130 valence electrons. The molecule has 9 heteroatoms. The topological polar surface area (TPSA) is 56.3 Å². The standard InChI is InChI=1S/C16H11ClF3N3O2/c1-24-12-5-8-11(6-13(12)25-2)21-16(17)23-15(8)22-14-9(19)3-7(18)4-10(14)20/h3-6H,1-2H3,(H,21,22,23). The number of halogens is 4. The summed E-state index contributed by atoms with van der Waals surface area (Å²) in [6.07, 6.45) is 0. The molecule has 0 saturated heterocycles. The Labute approximate surface area is 145 Å². The van der Waals surface area contributed by atoms with Gasteiger partial charge in [0.2, 0.25) is 5.28 Å². The van der Waals surface area contributed by atoms with Crippen molar-refractivity contribution in [3.8, 4) is 11.5 Å². The lowest BCUT2D eigenvalue weighted by atomic mass is 10.2. The Hall–Kier alpha value is -2.74. The van der Waals surface area contributed by atoms with Gasteiger partial charge in [0.15, 0.2) is 23.1 Å². The van der Waals surface area contributed by atoms with Crippen LogP contribution in [0.25, 0.3) is 10.9 Å². The highest BCUT2D eigenvalue weighted by atomic mass is 35.5. The summed E-state index contributed by atoms with van der Waals surface area (Å²) < 4.78 is 51.2. The fourth-order valence-corrected chi connectivity index (χ4v) is 2.48. The van der Waals surface area contributed by atoms with Crippen LogP contribution in [0.2, 0.25) is 5.28 Å². The Morgan fingerprint density at radius 1 is 0.920 bits per heavy atom. The van der Waals surface area contributed by atoms with Crippen LogP contribution in [-0.4, -0.2) is 24.2 Å². The summed E-state index contributed by atoms with van der Waals surface area (Å²) in [5.74, 6) is -2.46. The SMILES string of the molecule is COc1cc2nc(Cl)nc(Nc3c(F)cc(F)cc3F)c2cc1OC. The van der Waals surface area contributed by atoms with Crippen molar-refractivity contribution in [3.05, 3.63) is 47.0 Å². The van der Waals surface area contributed by atoms with Crippen LogP contribution < -0.4 is 14.8 Å². The molecule has 2 aromatic carbocycles. The van der Waals surface area contributed by atoms with E-state index < -0.39 is 23.1 Å². The van der Waals surface area contributed by atoms with Crippen molar-refractivity contribution in [1.82, 2.24) is 9.97 Å². The smallest absolute Gasteiger partial charge is 0.224 e. The largest absolute Gasteiger partial charge is 0.493 e. The van der Waals surface area contributed by atoms with Crippen LogP contribution in [0.1, 0.15) is 0 Å². The van der Waals surface area contributed by atoms with E-state index in [0.29, 0.717) is 34.5 Å². The number of nitrogens with zero attached hydrogens (tertiary/aromatic N) is 2. The quantitative estimate of drug-likeness (QED) is 0.688. The Morgan fingerprint density at radius 2 is 1.52 bits per heavy atom. The molecule has 0 aliphatic rings. The second-order valence-electron chi connectivity index (χ2n) is 4.94. The van der Waals surface area contributed by atoms with Gasteiger partial charge in [-0.15, -0.1) is 0 Å². The maximum atomic E-state index is 13.9. The third-order valence-electron chi connectivity index (χ3n) is 3.42. The Morgan fingerprint density at radius 3 is 2.12 bits per heavy atom. The summed E-state index contributed by atoms with van der Waals surface area (Å²) in [6, 6.07) is 4.19. The highest BCUT2D eigenvalue weighted by Crippen LogP contribution is 2.36. The van der Waals surface area contributed by atoms with Gasteiger partial charge in [-0.05, 0) is 17.7 Å². The second kappa shape index (κ2) is 6.64. The number of nitrogens with one attached hydrogen (secondary N) is 1. The number of hydrogen-bond donors (Lipinski definition) is 1. The van der Waals surface area contributed by atoms with Crippen LogP contribution in [0.15, 0.2) is 24.3 Å². The zero-order valence-electron chi connectivity index (χ0n) is 13.0. The summed E-state index contributed by atoms with van der Waals surface area (Å²) >= 11 is 5.88. The monoisotopic (exact) mass is 369 g/mol. The molecule has 25 heavy (non-hydrogen) atoms. The van der Waals surface area contributed by atoms with Crippen molar-refractivity contribution in [3.63, 3.8) is 0 Å². The van der Waals surface area contributed by atoms with Crippen LogP contribution in [0.4, 0.5) is 24.7 Å². The van der Waals surface area contributed by atoms with Gasteiger partial charge in [-0.1, -0.05) is 0 Å². The molecule has 3 aromatic rings. The van der Waals surface area contributed by atoms with Crippen molar-refractivity contribution in [2.24, 2.45) is 0 Å². The predicted molar refractivity (Wildman–Crippen MR) is 87.3 cm³/mol. The molecule has 0 bridgehead atoms. The molecule has 0 spiro atoms. The number of methoxy groups -OCH3 is 2. The third-order valence-corrected chi connectivity index (χ3v) is 3.59. The molecule has 0 aliphatic carbocycles. The number of fused-ring (bicyclic) bond motifs is 1. The molecule has 0 fully saturated rings. The fourth-order valence-electron chi connectivity index (χ4n) is 2.30. The maximum absolute atomic E-state index is 13.9. The fraction of sp³-hybridized carbons (Fsp3) is 0.125. The van der Waals surface area contributed by atoms with Crippen molar-refractivity contribution in [1.29, 1.82) is 0 Å². The first-order chi connectivity index (χ1) is 11.9. The summed E-state index contributed by atoms with van der Waals surface area (Å²) in [5.41, 5.74) is -0.199. The Bertz CT molecular complexity index is 946. The highest BCUT2D eigenvalue weighted by Gasteiger charge is 2.17. The van der Waals surface area contributed by atoms with Gasteiger partial charge in [0, 0.05) is 23.6 Å². The Balaban J connectivity index is 2.19. The van der Waals surface area contributed by atoms with E-state index in [1.165, 1.54) is 20.3 Å². The first kappa shape index (κ1) is 17.1. The lowest BCUT2D eigenvalue weighted by Gasteiger charge is -2.13. The highest BCUT2D eigenvalue weighted by molar-refractivity contribution is 6.28. The third kappa shape index (κ3) is 3.25. The van der Waals surface area contributed by atoms with Gasteiger partial charge < -0.3 is 14.8 Å². The number of rotatable bonds is 4. The van der Waals surface area contributed by atoms with Crippen molar-refractivity contribution in [2.45, 2.75) is 0 Å². The van der Waals surface area contributed by atoms with E-state index in [4.69, 9.17) is 21.1 Å². The van der Waals surface area contributed by atoms with E-state index in [0.717, 1.165) is 0 Å². The van der Waals surface area contributed by atoms with Crippen molar-refractivity contribution < 1.29 is 22.6 Å². The summed E-state index contributed by atoms with van der Waals surface area (Å²) in [5, 5.41) is 2.72. The van der Waals surface area contributed by atoms with Crippen LogP contribution in [0.5, 0.6) is 11.5 Å². The number of aromatic nitrogens is 2. The minimum atomic E-state index is -1.11. The lowest BCUT2D eigenvalue weighted by Crippen LogP contribution is -2.03. The predicted octanol–water partition coefficient (Wildman–Crippen LogP) is 4.46. The molecule has 0 saturated carbocycles. The van der Waals surface area contributed by atoms with E-state index >= 15 is 0 Å². The number of anilines is 2. The molecular formula is C16H11ClF3N3O2. The molecule has 0 aliphatic heterocycles. The molecule has 0 atom stereocenters. The van der Waals surface area contributed by atoms with Crippen LogP contribution in [0.3, 0.4) is 0 Å². The normalized spacial score (nSPS) is 10.8. The van der Waals surface area contributed by atoms with Crippen molar-refractivity contribution in [2.75, 3.05) is 19.5 Å². The van der Waals surface area contributed by atoms with E-state index in [2.05, 4.69) is 15.3 Å². The molecule has 0 unspecified atom stereocenters. The molecule has 0 amide bonds. The summed E-state index contributed by atoms with van der Waals surface area (Å²) in [7, 11) is 2.89. The zero-order valence-corrected chi connectivity index (χ0v) is 13.8. The molecular weight excluding hydrogens is 359 g/mol. The van der Waals surface area contributed by atoms with Crippen LogP contribution >= 0.6 is 11.6 Å². The average molecular weight is 370 g/mol. The first-order valence-corrected chi connectivity index (χ1v) is 7.31. The number of benzene rings is 2. The minimum Gasteiger partial charge on any atom is -0.493 e. The van der Waals surface area contributed by atoms with Gasteiger partial charge in [0.1, 0.15) is 17.3 Å². The van der Waals surface area contributed by atoms with E-state index in [1.807, 2.05) is 0 Å². The number of ether oxygens (including phenoxy) is 2. The minimum absolute atomic E-state index is 0.0281. The second-order valence-corrected chi connectivity index (χ2v) is 5.27. The lowest BCUT2D eigenvalue weighted by molar-refractivity contribution is 0.356. The van der Waals surface area contributed by atoms with Crippen LogP contribution in [-0.2, 0) is 0 Å². The van der Waals surface area contributed by atoms with Gasteiger partial charge in [0.25, 0.3) is 0 Å². The molecule has 1 N–H and O–H groups in total. The number of hydrogen-bond acceptors (Lipinski definition) is 5. The molecule has 5 nitrogen and oxygen atoms in total. The molecule has 0 radical (unpaired) electrons. The molecule has 3 rings (SSSR count). The zero-order chi connectivity index (χ0) is 18.1. The van der Waals surface area contributed by atoms with Crippen molar-refractivity contribution >= 4 is 34.0 Å². The Kier molecular flexibility index (Phi) is 4.54. The van der Waals surface area contributed by atoms with E-state index in [9.17, 15) is 13.2 Å². The van der Waals surface area contributed by atoms with Gasteiger partial charge in [-0.3, -0.25) is 0 Å². The first-order valence-electron chi connectivity index (χ1n) is 6.93. The van der Waals surface area contributed by atoms with Gasteiger partial charge >= 0.3 is 0 Å².